The van der Waals surface area contributed by atoms with Crippen molar-refractivity contribution in [3.63, 3.8) is 0 Å². The van der Waals surface area contributed by atoms with Crippen molar-refractivity contribution in [3.8, 4) is 0 Å². The fourth-order valence-electron chi connectivity index (χ4n) is 4.66. The maximum atomic E-state index is 14.8. The monoisotopic (exact) mass is 681 g/mol. The number of aromatic amines is 1. The van der Waals surface area contributed by atoms with Crippen LogP contribution in [-0.4, -0.2) is 44.8 Å². The van der Waals surface area contributed by atoms with Gasteiger partial charge in [-0.25, -0.2) is 32.3 Å². The Bertz CT molecular complexity index is 2410. The molecule has 47 heavy (non-hydrogen) atoms. The fraction of sp³-hybridized carbons (Fsp3) is 0.100. The van der Waals surface area contributed by atoms with Crippen LogP contribution in [0.1, 0.15) is 21.6 Å². The van der Waals surface area contributed by atoms with Crippen LogP contribution in [0.3, 0.4) is 0 Å². The van der Waals surface area contributed by atoms with E-state index in [2.05, 4.69) is 25.4 Å². The zero-order valence-electron chi connectivity index (χ0n) is 24.0. The number of fused-ring (bicyclic) bond motifs is 1. The second-order valence-corrected chi connectivity index (χ2v) is 11.0. The molecule has 0 fully saturated rings. The molecule has 3 aromatic carbocycles. The molecule has 6 aromatic rings. The van der Waals surface area contributed by atoms with Crippen LogP contribution in [-0.2, 0) is 20.1 Å². The molecule has 238 valence electrons. The van der Waals surface area contributed by atoms with Gasteiger partial charge in [-0.2, -0.15) is 9.78 Å². The van der Waals surface area contributed by atoms with Crippen LogP contribution < -0.4 is 17.0 Å². The Morgan fingerprint density at radius 3 is 2.49 bits per heavy atom. The lowest BCUT2D eigenvalue weighted by Gasteiger charge is -2.12. The predicted molar refractivity (Wildman–Crippen MR) is 166 cm³/mol. The Hall–Kier alpha value is -5.54. The van der Waals surface area contributed by atoms with Gasteiger partial charge in [0.25, 0.3) is 5.91 Å². The van der Waals surface area contributed by atoms with Gasteiger partial charge in [-0.05, 0) is 42.0 Å². The number of nitrogens with one attached hydrogen (secondary N) is 1. The molecule has 17 heteroatoms. The zero-order valence-corrected chi connectivity index (χ0v) is 25.5. The van der Waals surface area contributed by atoms with Gasteiger partial charge in [-0.3, -0.25) is 19.0 Å². The summed E-state index contributed by atoms with van der Waals surface area (Å²) in [7, 11) is 1.71. The Kier molecular flexibility index (Phi) is 8.49. The number of hydrogen-bond acceptors (Lipinski definition) is 7. The van der Waals surface area contributed by atoms with Crippen LogP contribution in [0.5, 0.6) is 0 Å². The summed E-state index contributed by atoms with van der Waals surface area (Å²) >= 11 is 12.3. The van der Waals surface area contributed by atoms with Gasteiger partial charge in [0, 0.05) is 41.4 Å². The van der Waals surface area contributed by atoms with Crippen molar-refractivity contribution in [1.82, 2.24) is 38.9 Å². The number of rotatable bonds is 7. The molecule has 0 spiro atoms. The van der Waals surface area contributed by atoms with Crippen LogP contribution >= 0.6 is 23.2 Å². The van der Waals surface area contributed by atoms with Crippen molar-refractivity contribution in [2.75, 3.05) is 0 Å². The lowest BCUT2D eigenvalue weighted by atomic mass is 10.2. The van der Waals surface area contributed by atoms with E-state index in [1.165, 1.54) is 24.4 Å². The minimum Gasteiger partial charge on any atom is -0.277 e. The van der Waals surface area contributed by atoms with Crippen molar-refractivity contribution in [3.05, 3.63) is 138 Å². The number of allylic oxidation sites excluding steroid dienone is 1. The van der Waals surface area contributed by atoms with Crippen molar-refractivity contribution < 1.29 is 18.0 Å². The van der Waals surface area contributed by atoms with E-state index in [0.717, 1.165) is 9.25 Å². The van der Waals surface area contributed by atoms with E-state index in [1.807, 2.05) is 0 Å². The Morgan fingerprint density at radius 2 is 1.72 bits per heavy atom. The first kappa shape index (κ1) is 31.4. The van der Waals surface area contributed by atoms with E-state index in [9.17, 15) is 27.6 Å². The highest BCUT2D eigenvalue weighted by Crippen LogP contribution is 2.29. The van der Waals surface area contributed by atoms with Crippen LogP contribution in [0.2, 0.25) is 10.0 Å². The topological polar surface area (TPSA) is 138 Å². The molecular formula is C30H20Cl2F3N9O3. The maximum Gasteiger partial charge on any atom is 0.335 e. The highest BCUT2D eigenvalue weighted by molar-refractivity contribution is 6.33. The molecule has 0 aliphatic rings. The van der Waals surface area contributed by atoms with Gasteiger partial charge in [0.05, 0.1) is 41.2 Å². The molecule has 3 heterocycles. The van der Waals surface area contributed by atoms with E-state index in [-0.39, 0.29) is 22.0 Å². The summed E-state index contributed by atoms with van der Waals surface area (Å²) in [6.07, 6.45) is 5.60. The summed E-state index contributed by atoms with van der Waals surface area (Å²) in [4.78, 5) is 46.9. The third kappa shape index (κ3) is 6.57. The molecule has 0 atom stereocenters. The van der Waals surface area contributed by atoms with Gasteiger partial charge < -0.3 is 0 Å². The first-order valence-electron chi connectivity index (χ1n) is 13.6. The summed E-state index contributed by atoms with van der Waals surface area (Å²) < 4.78 is 46.5. The SMILES string of the molecule is Cn1cc2cc(/N=c3\[nH]c(=O)n(Cc4cnnn4C(=O)/C=C/c4ccc(Cl)cc4)c(=O)n3Cc3cc(F)c(F)cc3F)c(Cl)cc2n1. The van der Waals surface area contributed by atoms with E-state index in [1.54, 1.807) is 48.3 Å². The van der Waals surface area contributed by atoms with Gasteiger partial charge >= 0.3 is 11.4 Å². The maximum absolute atomic E-state index is 14.8. The highest BCUT2D eigenvalue weighted by atomic mass is 35.5. The minimum absolute atomic E-state index is 0.0451. The van der Waals surface area contributed by atoms with Crippen molar-refractivity contribution in [2.24, 2.45) is 12.0 Å². The lowest BCUT2D eigenvalue weighted by molar-refractivity contribution is 0.0949. The molecule has 0 radical (unpaired) electrons. The van der Waals surface area contributed by atoms with E-state index in [0.29, 0.717) is 38.2 Å². The van der Waals surface area contributed by atoms with Gasteiger partial charge in [-0.1, -0.05) is 40.5 Å². The largest absolute Gasteiger partial charge is 0.335 e. The number of nitrogens with zero attached hydrogens (tertiary/aromatic N) is 8. The molecule has 0 aliphatic heterocycles. The third-order valence-corrected chi connectivity index (χ3v) is 7.50. The molecule has 12 nitrogen and oxygen atoms in total. The van der Waals surface area contributed by atoms with Gasteiger partial charge in [0.2, 0.25) is 5.62 Å². The summed E-state index contributed by atoms with van der Waals surface area (Å²) in [6.45, 7) is -1.19. The molecule has 6 rings (SSSR count). The Balaban J connectivity index is 1.44. The minimum atomic E-state index is -1.42. The average molecular weight is 682 g/mol. The number of hydrogen-bond donors (Lipinski definition) is 1. The normalized spacial score (nSPS) is 12.1. The first-order valence-corrected chi connectivity index (χ1v) is 14.3. The number of aromatic nitrogens is 8. The Morgan fingerprint density at radius 1 is 0.979 bits per heavy atom. The summed E-state index contributed by atoms with van der Waals surface area (Å²) in [5, 5.41) is 13.0. The van der Waals surface area contributed by atoms with E-state index in [4.69, 9.17) is 23.2 Å². The van der Waals surface area contributed by atoms with Gasteiger partial charge in [0.15, 0.2) is 11.6 Å². The standard InChI is InChI=1S/C30H20Cl2F3N9O3/c1-41-13-18-9-26(21(32)10-25(18)39-41)37-28-38-29(46)43(30(47)42(28)14-17-8-23(34)24(35)11-22(17)33)15-20-12-36-40-44(20)27(45)7-4-16-2-5-19(31)6-3-16/h2-13H,14-15H2,1H3,(H,37,38,46)/b7-4+. The number of benzene rings is 3. The summed E-state index contributed by atoms with van der Waals surface area (Å²) in [5.74, 6) is -4.56. The fourth-order valence-corrected chi connectivity index (χ4v) is 4.99. The number of halogens is 5. The molecular weight excluding hydrogens is 662 g/mol. The van der Waals surface area contributed by atoms with E-state index >= 15 is 0 Å². The number of H-pyrrole nitrogens is 1. The van der Waals surface area contributed by atoms with Crippen molar-refractivity contribution in [1.29, 1.82) is 0 Å². The lowest BCUT2D eigenvalue weighted by Crippen LogP contribution is -2.50. The van der Waals surface area contributed by atoms with Crippen LogP contribution in [0.25, 0.3) is 17.0 Å². The summed E-state index contributed by atoms with van der Waals surface area (Å²) in [6, 6.07) is 10.7. The second kappa shape index (κ2) is 12.7. The molecule has 0 saturated carbocycles. The number of aryl methyl sites for hydroxylation is 1. The smallest absolute Gasteiger partial charge is 0.277 e. The number of carbonyl (C=O) groups excluding carboxylic acids is 1. The van der Waals surface area contributed by atoms with Crippen molar-refractivity contribution in [2.45, 2.75) is 13.1 Å². The van der Waals surface area contributed by atoms with Crippen molar-refractivity contribution >= 4 is 51.8 Å². The number of carbonyl (C=O) groups is 1. The molecule has 0 saturated heterocycles. The molecule has 0 aliphatic carbocycles. The van der Waals surface area contributed by atoms with E-state index < -0.39 is 53.4 Å². The molecule has 0 amide bonds. The third-order valence-electron chi connectivity index (χ3n) is 6.95. The van der Waals surface area contributed by atoms with Crippen LogP contribution in [0.15, 0.2) is 81.6 Å². The Labute approximate surface area is 271 Å². The molecule has 0 unspecified atom stereocenters. The highest BCUT2D eigenvalue weighted by Gasteiger charge is 2.18. The van der Waals surface area contributed by atoms with Crippen LogP contribution in [0, 0.1) is 17.5 Å². The van der Waals surface area contributed by atoms with Gasteiger partial charge in [0.1, 0.15) is 5.82 Å². The van der Waals surface area contributed by atoms with Gasteiger partial charge in [-0.15, -0.1) is 5.10 Å². The summed E-state index contributed by atoms with van der Waals surface area (Å²) in [5.41, 5.74) is -1.39. The predicted octanol–water partition coefficient (Wildman–Crippen LogP) is 4.22. The zero-order chi connectivity index (χ0) is 33.4. The quantitative estimate of drug-likeness (QED) is 0.198. The second-order valence-electron chi connectivity index (χ2n) is 10.2. The molecule has 1 N–H and O–H groups in total. The first-order chi connectivity index (χ1) is 22.5. The van der Waals surface area contributed by atoms with Crippen LogP contribution in [0.4, 0.5) is 18.9 Å². The average Bonchev–Trinajstić information content (AvgIpc) is 3.64. The molecule has 3 aromatic heterocycles. The molecule has 0 bridgehead atoms.